The Labute approximate surface area is 169 Å². The van der Waals surface area contributed by atoms with Crippen LogP contribution in [0.1, 0.15) is 64.4 Å². The van der Waals surface area contributed by atoms with Crippen LogP contribution in [0.25, 0.3) is 0 Å². The zero-order valence-electron chi connectivity index (χ0n) is 17.3. The fourth-order valence-electron chi connectivity index (χ4n) is 3.07. The summed E-state index contributed by atoms with van der Waals surface area (Å²) in [6.07, 6.45) is 5.70. The van der Waals surface area contributed by atoms with Crippen LogP contribution in [0, 0.1) is 0 Å². The molecule has 6 heteroatoms. The lowest BCUT2D eigenvalue weighted by Gasteiger charge is -2.28. The van der Waals surface area contributed by atoms with Gasteiger partial charge in [0, 0.05) is 24.9 Å². The van der Waals surface area contributed by atoms with Gasteiger partial charge >= 0.3 is 12.0 Å². The van der Waals surface area contributed by atoms with E-state index in [9.17, 15) is 14.7 Å². The van der Waals surface area contributed by atoms with Gasteiger partial charge in [0.05, 0.1) is 13.2 Å². The second-order valence-electron chi connectivity index (χ2n) is 7.34. The molecule has 1 aromatic rings. The molecule has 0 spiro atoms. The number of esters is 1. The lowest BCUT2D eigenvalue weighted by molar-refractivity contribution is -0.143. The minimum atomic E-state index is -0.213. The first-order valence-electron chi connectivity index (χ1n) is 10.4. The molecule has 0 bridgehead atoms. The first kappa shape index (κ1) is 24.0. The van der Waals surface area contributed by atoms with E-state index in [0.717, 1.165) is 37.7 Å². The molecule has 6 nitrogen and oxygen atoms in total. The zero-order valence-corrected chi connectivity index (χ0v) is 17.3. The third-order valence-corrected chi connectivity index (χ3v) is 4.91. The number of hydrogen-bond donors (Lipinski definition) is 3. The number of carbonyl (C=O) groups excluding carboxylic acids is 2. The molecule has 0 heterocycles. The highest BCUT2D eigenvalue weighted by atomic mass is 16.5. The topological polar surface area (TPSA) is 87.7 Å². The summed E-state index contributed by atoms with van der Waals surface area (Å²) in [7, 11) is 0. The van der Waals surface area contributed by atoms with Gasteiger partial charge in [0.1, 0.15) is 0 Å². The number of carbonyl (C=O) groups is 2. The van der Waals surface area contributed by atoms with Crippen molar-refractivity contribution < 1.29 is 19.4 Å². The van der Waals surface area contributed by atoms with Gasteiger partial charge in [-0.15, -0.1) is 0 Å². The van der Waals surface area contributed by atoms with Gasteiger partial charge in [-0.3, -0.25) is 4.79 Å². The fraction of sp³-hybridized carbons (Fsp3) is 0.636. The van der Waals surface area contributed by atoms with Gasteiger partial charge in [-0.1, -0.05) is 50.1 Å². The Balaban J connectivity index is 2.06. The van der Waals surface area contributed by atoms with E-state index in [2.05, 4.69) is 29.7 Å². The van der Waals surface area contributed by atoms with Crippen molar-refractivity contribution in [2.24, 2.45) is 0 Å². The van der Waals surface area contributed by atoms with E-state index in [4.69, 9.17) is 4.74 Å². The molecule has 158 valence electrons. The highest BCUT2D eigenvalue weighted by Crippen LogP contribution is 2.29. The van der Waals surface area contributed by atoms with Gasteiger partial charge in [-0.25, -0.2) is 4.79 Å². The second kappa shape index (κ2) is 14.0. The van der Waals surface area contributed by atoms with Crippen LogP contribution in [0.15, 0.2) is 30.3 Å². The summed E-state index contributed by atoms with van der Waals surface area (Å²) in [5.41, 5.74) is 0.952. The molecule has 1 aromatic carbocycles. The highest BCUT2D eigenvalue weighted by Gasteiger charge is 2.24. The van der Waals surface area contributed by atoms with Gasteiger partial charge in [0.15, 0.2) is 0 Å². The Morgan fingerprint density at radius 1 is 1.00 bits per heavy atom. The molecule has 0 aliphatic carbocycles. The van der Waals surface area contributed by atoms with E-state index in [1.165, 1.54) is 0 Å². The molecule has 3 N–H and O–H groups in total. The van der Waals surface area contributed by atoms with Crippen LogP contribution in [0.3, 0.4) is 0 Å². The van der Waals surface area contributed by atoms with Gasteiger partial charge < -0.3 is 20.5 Å². The Hall–Kier alpha value is -2.08. The number of urea groups is 1. The first-order chi connectivity index (χ1) is 13.5. The minimum absolute atomic E-state index is 0.133. The third-order valence-electron chi connectivity index (χ3n) is 4.91. The molecule has 1 atom stereocenters. The number of hydrogen-bond acceptors (Lipinski definition) is 4. The molecule has 1 rings (SSSR count). The van der Waals surface area contributed by atoms with E-state index in [1.54, 1.807) is 6.92 Å². The number of benzene rings is 1. The second-order valence-corrected chi connectivity index (χ2v) is 7.34. The fourth-order valence-corrected chi connectivity index (χ4v) is 3.07. The minimum Gasteiger partial charge on any atom is -0.466 e. The van der Waals surface area contributed by atoms with Crippen molar-refractivity contribution in [1.82, 2.24) is 10.6 Å². The predicted molar refractivity (Wildman–Crippen MR) is 111 cm³/mol. The Morgan fingerprint density at radius 2 is 1.64 bits per heavy atom. The average molecular weight is 393 g/mol. The molecular formula is C22H36N2O4. The van der Waals surface area contributed by atoms with Crippen LogP contribution in [0.5, 0.6) is 0 Å². The average Bonchev–Trinajstić information content (AvgIpc) is 2.71. The lowest BCUT2D eigenvalue weighted by Crippen LogP contribution is -2.36. The van der Waals surface area contributed by atoms with Crippen molar-refractivity contribution in [3.8, 4) is 0 Å². The lowest BCUT2D eigenvalue weighted by atomic mass is 9.79. The first-order valence-corrected chi connectivity index (χ1v) is 10.4. The van der Waals surface area contributed by atoms with Crippen LogP contribution in [-0.4, -0.2) is 43.4 Å². The number of ether oxygens (including phenoxy) is 1. The van der Waals surface area contributed by atoms with Crippen molar-refractivity contribution in [3.05, 3.63) is 35.9 Å². The van der Waals surface area contributed by atoms with Gasteiger partial charge in [0.25, 0.3) is 0 Å². The van der Waals surface area contributed by atoms with Crippen LogP contribution in [0.4, 0.5) is 4.79 Å². The predicted octanol–water partition coefficient (Wildman–Crippen LogP) is 3.53. The summed E-state index contributed by atoms with van der Waals surface area (Å²) in [5, 5.41) is 15.5. The Kier molecular flexibility index (Phi) is 12.0. The molecule has 0 aliphatic rings. The van der Waals surface area contributed by atoms with E-state index < -0.39 is 0 Å². The summed E-state index contributed by atoms with van der Waals surface area (Å²) in [6.45, 7) is 5.61. The summed E-state index contributed by atoms with van der Waals surface area (Å²) in [5.74, 6) is -0.184. The largest absolute Gasteiger partial charge is 0.466 e. The third kappa shape index (κ3) is 9.74. The smallest absolute Gasteiger partial charge is 0.314 e. The number of unbranched alkanes of at least 4 members (excludes halogenated alkanes) is 3. The molecule has 1 unspecified atom stereocenters. The molecule has 0 saturated heterocycles. The molecule has 28 heavy (non-hydrogen) atoms. The van der Waals surface area contributed by atoms with Crippen molar-refractivity contribution >= 4 is 12.0 Å². The molecule has 0 radical (unpaired) electrons. The van der Waals surface area contributed by atoms with E-state index in [0.29, 0.717) is 32.5 Å². The van der Waals surface area contributed by atoms with Crippen molar-refractivity contribution in [2.75, 3.05) is 26.3 Å². The number of nitrogens with one attached hydrogen (secondary N) is 2. The maximum atomic E-state index is 11.7. The molecule has 0 saturated carbocycles. The number of rotatable bonds is 14. The van der Waals surface area contributed by atoms with Gasteiger partial charge in [-0.05, 0) is 38.2 Å². The SMILES string of the molecule is CCOC(=O)CCCCNC(=O)NCCCCCC(C)(CO)c1ccccc1. The summed E-state index contributed by atoms with van der Waals surface area (Å²) in [4.78, 5) is 22.9. The van der Waals surface area contributed by atoms with Crippen molar-refractivity contribution in [3.63, 3.8) is 0 Å². The monoisotopic (exact) mass is 392 g/mol. The number of aliphatic hydroxyl groups excluding tert-OH is 1. The highest BCUT2D eigenvalue weighted by molar-refractivity contribution is 5.73. The summed E-state index contributed by atoms with van der Waals surface area (Å²) in [6, 6.07) is 9.95. The van der Waals surface area contributed by atoms with E-state index in [-0.39, 0.29) is 24.0 Å². The van der Waals surface area contributed by atoms with Crippen molar-refractivity contribution in [1.29, 1.82) is 0 Å². The zero-order chi connectivity index (χ0) is 20.7. The quantitative estimate of drug-likeness (QED) is 0.334. The summed E-state index contributed by atoms with van der Waals surface area (Å²) < 4.78 is 4.86. The maximum Gasteiger partial charge on any atom is 0.314 e. The standard InChI is InChI=1S/C22H36N2O4/c1-3-28-20(26)14-8-11-17-24-21(27)23-16-10-5-9-15-22(2,18-25)19-12-6-4-7-13-19/h4,6-7,12-13,25H,3,5,8-11,14-18H2,1-2H3,(H2,23,24,27). The van der Waals surface area contributed by atoms with Gasteiger partial charge in [-0.2, -0.15) is 0 Å². The number of amides is 2. The van der Waals surface area contributed by atoms with Crippen LogP contribution < -0.4 is 10.6 Å². The van der Waals surface area contributed by atoms with Gasteiger partial charge in [0.2, 0.25) is 0 Å². The Bertz CT molecular complexity index is 565. The normalized spacial score (nSPS) is 12.8. The molecule has 2 amide bonds. The summed E-state index contributed by atoms with van der Waals surface area (Å²) >= 11 is 0. The van der Waals surface area contributed by atoms with Crippen LogP contribution >= 0.6 is 0 Å². The molecule has 0 aliphatic heterocycles. The molecule has 0 fully saturated rings. The van der Waals surface area contributed by atoms with Crippen molar-refractivity contribution in [2.45, 2.75) is 64.2 Å². The van der Waals surface area contributed by atoms with E-state index in [1.807, 2.05) is 18.2 Å². The van der Waals surface area contributed by atoms with Crippen LogP contribution in [-0.2, 0) is 14.9 Å². The molecular weight excluding hydrogens is 356 g/mol. The number of aliphatic hydroxyl groups is 1. The van der Waals surface area contributed by atoms with Crippen LogP contribution in [0.2, 0.25) is 0 Å². The maximum absolute atomic E-state index is 11.7. The Morgan fingerprint density at radius 3 is 2.25 bits per heavy atom. The molecule has 0 aromatic heterocycles. The van der Waals surface area contributed by atoms with E-state index >= 15 is 0 Å².